The highest BCUT2D eigenvalue weighted by atomic mass is 32.2. The summed E-state index contributed by atoms with van der Waals surface area (Å²) < 4.78 is 24.6. The van der Waals surface area contributed by atoms with Gasteiger partial charge in [0.05, 0.1) is 12.8 Å². The van der Waals surface area contributed by atoms with E-state index in [9.17, 15) is 13.2 Å². The van der Waals surface area contributed by atoms with Gasteiger partial charge < -0.3 is 4.90 Å². The van der Waals surface area contributed by atoms with E-state index in [1.165, 1.54) is 11.1 Å². The van der Waals surface area contributed by atoms with E-state index in [2.05, 4.69) is 14.7 Å². The number of carbonyl (C=O) groups excluding carboxylic acids is 1. The molecule has 0 unspecified atom stereocenters. The molecule has 8 nitrogen and oxygen atoms in total. The van der Waals surface area contributed by atoms with Gasteiger partial charge in [-0.1, -0.05) is 0 Å². The Balaban J connectivity index is 2.41. The number of carbonyl (C=O) groups is 1. The number of anilines is 2. The average Bonchev–Trinajstić information content (AvgIpc) is 2.31. The molecule has 1 N–H and O–H groups in total. The summed E-state index contributed by atoms with van der Waals surface area (Å²) in [6, 6.07) is -0.181. The highest BCUT2D eigenvalue weighted by Crippen LogP contribution is 2.30. The number of hydrogen-bond acceptors (Lipinski definition) is 5. The zero-order chi connectivity index (χ0) is 16.0. The summed E-state index contributed by atoms with van der Waals surface area (Å²) in [5, 5.41) is 0. The SMILES string of the molecule is CN1C(=O)N(C(C)(C)C)Cc2cnc(NS(C)(=O)=O)nc21. The molecule has 2 rings (SSSR count). The molecule has 0 radical (unpaired) electrons. The van der Waals surface area contributed by atoms with E-state index in [-0.39, 0.29) is 17.5 Å². The smallest absolute Gasteiger partial charge is 0.315 e. The second-order valence-electron chi connectivity index (χ2n) is 6.02. The third-order valence-electron chi connectivity index (χ3n) is 3.09. The van der Waals surface area contributed by atoms with Crippen LogP contribution in [-0.2, 0) is 16.6 Å². The molecule has 116 valence electrons. The molecule has 0 saturated heterocycles. The van der Waals surface area contributed by atoms with Gasteiger partial charge in [0.2, 0.25) is 16.0 Å². The van der Waals surface area contributed by atoms with Crippen LogP contribution in [0.15, 0.2) is 6.20 Å². The van der Waals surface area contributed by atoms with Crippen LogP contribution in [0.1, 0.15) is 26.3 Å². The topological polar surface area (TPSA) is 95.5 Å². The Labute approximate surface area is 124 Å². The van der Waals surface area contributed by atoms with Gasteiger partial charge in [-0.15, -0.1) is 0 Å². The normalized spacial score (nSPS) is 16.0. The fourth-order valence-corrected chi connectivity index (χ4v) is 2.48. The highest BCUT2D eigenvalue weighted by molar-refractivity contribution is 7.91. The van der Waals surface area contributed by atoms with Crippen molar-refractivity contribution in [1.29, 1.82) is 0 Å². The Morgan fingerprint density at radius 3 is 2.48 bits per heavy atom. The molecule has 2 amide bonds. The second kappa shape index (κ2) is 4.83. The molecule has 1 aromatic rings. The van der Waals surface area contributed by atoms with Gasteiger partial charge >= 0.3 is 6.03 Å². The van der Waals surface area contributed by atoms with Gasteiger partial charge in [0.1, 0.15) is 5.82 Å². The lowest BCUT2D eigenvalue weighted by molar-refractivity contribution is 0.142. The van der Waals surface area contributed by atoms with Crippen LogP contribution in [0.3, 0.4) is 0 Å². The number of sulfonamides is 1. The van der Waals surface area contributed by atoms with Crippen LogP contribution in [-0.4, -0.2) is 48.2 Å². The van der Waals surface area contributed by atoms with Crippen molar-refractivity contribution >= 4 is 27.8 Å². The minimum absolute atomic E-state index is 0.0416. The van der Waals surface area contributed by atoms with E-state index in [1.807, 2.05) is 20.8 Å². The van der Waals surface area contributed by atoms with Gasteiger partial charge in [0, 0.05) is 24.3 Å². The highest BCUT2D eigenvalue weighted by Gasteiger charge is 2.35. The standard InChI is InChI=1S/C12H19N5O3S/c1-12(2,3)17-7-8-6-13-10(15-21(5,19)20)14-9(8)16(4)11(17)18/h6H,7H2,1-5H3,(H,13,14,15). The summed E-state index contributed by atoms with van der Waals surface area (Å²) in [6.45, 7) is 6.24. The first kappa shape index (κ1) is 15.5. The maximum Gasteiger partial charge on any atom is 0.326 e. The van der Waals surface area contributed by atoms with Crippen LogP contribution in [0.5, 0.6) is 0 Å². The number of fused-ring (bicyclic) bond motifs is 1. The fourth-order valence-electron chi connectivity index (χ4n) is 2.05. The van der Waals surface area contributed by atoms with Crippen LogP contribution in [0, 0.1) is 0 Å². The molecule has 0 spiro atoms. The van der Waals surface area contributed by atoms with Gasteiger partial charge in [-0.05, 0) is 20.8 Å². The molecule has 9 heteroatoms. The van der Waals surface area contributed by atoms with Crippen molar-refractivity contribution in [1.82, 2.24) is 14.9 Å². The Hall–Kier alpha value is -1.90. The van der Waals surface area contributed by atoms with Gasteiger partial charge in [-0.2, -0.15) is 4.98 Å². The number of urea groups is 1. The van der Waals surface area contributed by atoms with Crippen LogP contribution < -0.4 is 9.62 Å². The summed E-state index contributed by atoms with van der Waals surface area (Å²) in [6.07, 6.45) is 2.56. The predicted octanol–water partition coefficient (Wildman–Crippen LogP) is 1.02. The molecule has 0 saturated carbocycles. The maximum atomic E-state index is 12.4. The monoisotopic (exact) mass is 313 g/mol. The van der Waals surface area contributed by atoms with E-state index in [4.69, 9.17) is 0 Å². The number of rotatable bonds is 2. The largest absolute Gasteiger partial charge is 0.326 e. The minimum Gasteiger partial charge on any atom is -0.315 e. The van der Waals surface area contributed by atoms with Crippen LogP contribution in [0.25, 0.3) is 0 Å². The lowest BCUT2D eigenvalue weighted by atomic mass is 10.0. The second-order valence-corrected chi connectivity index (χ2v) is 7.76. The van der Waals surface area contributed by atoms with Crippen molar-refractivity contribution in [2.75, 3.05) is 22.9 Å². The number of amides is 2. The lowest BCUT2D eigenvalue weighted by Crippen LogP contribution is -2.53. The van der Waals surface area contributed by atoms with Gasteiger partial charge in [-0.25, -0.2) is 18.2 Å². The summed E-state index contributed by atoms with van der Waals surface area (Å²) in [5.41, 5.74) is 0.443. The summed E-state index contributed by atoms with van der Waals surface area (Å²) >= 11 is 0. The Bertz CT molecular complexity index is 681. The molecule has 1 aromatic heterocycles. The van der Waals surface area contributed by atoms with Gasteiger partial charge in [0.25, 0.3) is 0 Å². The number of nitrogens with zero attached hydrogens (tertiary/aromatic N) is 4. The Morgan fingerprint density at radius 1 is 1.33 bits per heavy atom. The maximum absolute atomic E-state index is 12.4. The van der Waals surface area contributed by atoms with Gasteiger partial charge in [0.15, 0.2) is 0 Å². The van der Waals surface area contributed by atoms with Crippen molar-refractivity contribution in [3.05, 3.63) is 11.8 Å². The molecular weight excluding hydrogens is 294 g/mol. The number of hydrogen-bond donors (Lipinski definition) is 1. The molecule has 0 fully saturated rings. The third kappa shape index (κ3) is 3.23. The Kier molecular flexibility index (Phi) is 3.56. The first-order valence-corrected chi connectivity index (χ1v) is 8.27. The quantitative estimate of drug-likeness (QED) is 0.879. The molecular formula is C12H19N5O3S. The number of nitrogens with one attached hydrogen (secondary N) is 1. The fraction of sp³-hybridized carbons (Fsp3) is 0.583. The van der Waals surface area contributed by atoms with E-state index in [1.54, 1.807) is 11.9 Å². The van der Waals surface area contributed by atoms with E-state index >= 15 is 0 Å². The Morgan fingerprint density at radius 2 is 1.95 bits per heavy atom. The molecule has 1 aliphatic heterocycles. The van der Waals surface area contributed by atoms with E-state index in [0.717, 1.165) is 11.8 Å². The molecule has 1 aliphatic rings. The van der Waals surface area contributed by atoms with Crippen molar-refractivity contribution < 1.29 is 13.2 Å². The molecule has 0 atom stereocenters. The molecule has 2 heterocycles. The summed E-state index contributed by atoms with van der Waals surface area (Å²) in [5.74, 6) is 0.377. The van der Waals surface area contributed by atoms with Crippen molar-refractivity contribution in [3.63, 3.8) is 0 Å². The van der Waals surface area contributed by atoms with Crippen molar-refractivity contribution in [3.8, 4) is 0 Å². The van der Waals surface area contributed by atoms with E-state index in [0.29, 0.717) is 12.4 Å². The summed E-state index contributed by atoms with van der Waals surface area (Å²) in [4.78, 5) is 23.6. The van der Waals surface area contributed by atoms with Crippen molar-refractivity contribution in [2.45, 2.75) is 32.9 Å². The van der Waals surface area contributed by atoms with Crippen LogP contribution in [0.4, 0.5) is 16.6 Å². The first-order chi connectivity index (χ1) is 9.49. The third-order valence-corrected chi connectivity index (χ3v) is 3.65. The zero-order valence-corrected chi connectivity index (χ0v) is 13.5. The van der Waals surface area contributed by atoms with Gasteiger partial charge in [-0.3, -0.25) is 9.62 Å². The molecule has 0 aliphatic carbocycles. The van der Waals surface area contributed by atoms with E-state index < -0.39 is 10.0 Å². The van der Waals surface area contributed by atoms with Crippen LogP contribution in [0.2, 0.25) is 0 Å². The minimum atomic E-state index is -3.46. The molecule has 21 heavy (non-hydrogen) atoms. The summed E-state index contributed by atoms with van der Waals surface area (Å²) in [7, 11) is -1.85. The lowest BCUT2D eigenvalue weighted by Gasteiger charge is -2.41. The first-order valence-electron chi connectivity index (χ1n) is 6.38. The number of aromatic nitrogens is 2. The zero-order valence-electron chi connectivity index (χ0n) is 12.7. The molecule has 0 aromatic carbocycles. The van der Waals surface area contributed by atoms with Crippen molar-refractivity contribution in [2.24, 2.45) is 0 Å². The molecule has 0 bridgehead atoms. The van der Waals surface area contributed by atoms with Crippen LogP contribution >= 0.6 is 0 Å². The predicted molar refractivity (Wildman–Crippen MR) is 79.6 cm³/mol. The average molecular weight is 313 g/mol.